The minimum Gasteiger partial charge on any atom is -0.466 e. The summed E-state index contributed by atoms with van der Waals surface area (Å²) in [7, 11) is 0. The van der Waals surface area contributed by atoms with Crippen molar-refractivity contribution >= 4 is 68.1 Å². The van der Waals surface area contributed by atoms with Crippen LogP contribution < -0.4 is 20.8 Å². The smallest absolute Gasteiger partial charge is 0.375 e. The lowest BCUT2D eigenvalue weighted by Gasteiger charge is -2.46. The summed E-state index contributed by atoms with van der Waals surface area (Å²) in [5, 5.41) is 3.74. The monoisotopic (exact) mass is 815 g/mol. The first kappa shape index (κ1) is 39.6. The molecule has 2 aliphatic carbocycles. The molecule has 4 heteroatoms. The minimum absolute atomic E-state index is 0.0419. The Labute approximate surface area is 370 Å². The lowest BCUT2D eigenvalue weighted by molar-refractivity contribution is 0.332. The maximum absolute atomic E-state index is 7.62. The van der Waals surface area contributed by atoms with Crippen molar-refractivity contribution in [2.24, 2.45) is 0 Å². The summed E-state index contributed by atoms with van der Waals surface area (Å²) in [5.41, 5.74) is 22.1. The van der Waals surface area contributed by atoms with Crippen LogP contribution in [0.5, 0.6) is 0 Å². The van der Waals surface area contributed by atoms with Gasteiger partial charge < -0.3 is 14.1 Å². The van der Waals surface area contributed by atoms with E-state index in [9.17, 15) is 0 Å². The molecule has 0 N–H and O–H groups in total. The SMILES string of the molecule is Cc1cc2c3c(c1)N(c1cc4c(cc1C)C(C)(C)CCC4(C)C)c1c(oc4cc5c(cc14)C(C)(C)CCC5(C)C)B3N(c1ccc(C(C)(C)C)cc1)c1ccc3ccccc3c1-2. The molecule has 2 aliphatic heterocycles. The molecule has 314 valence electrons. The lowest BCUT2D eigenvalue weighted by atomic mass is 9.45. The minimum atomic E-state index is -0.195. The Balaban J connectivity index is 1.29. The number of hydrogen-bond acceptors (Lipinski definition) is 3. The first-order valence-corrected chi connectivity index (χ1v) is 23.3. The number of nitrogens with zero attached hydrogens (tertiary/aromatic N) is 2. The third-order valence-electron chi connectivity index (χ3n) is 16.1. The quantitative estimate of drug-likeness (QED) is 0.162. The molecule has 62 heavy (non-hydrogen) atoms. The summed E-state index contributed by atoms with van der Waals surface area (Å²) < 4.78 is 7.62. The highest BCUT2D eigenvalue weighted by Gasteiger charge is 2.50. The van der Waals surface area contributed by atoms with E-state index in [2.05, 4.69) is 197 Å². The molecule has 0 fully saturated rings. The van der Waals surface area contributed by atoms with Crippen LogP contribution in [0.2, 0.25) is 0 Å². The fourth-order valence-corrected chi connectivity index (χ4v) is 12.0. The van der Waals surface area contributed by atoms with E-state index in [1.54, 1.807) is 0 Å². The van der Waals surface area contributed by atoms with E-state index in [1.807, 2.05) is 0 Å². The fraction of sp³-hybridized carbons (Fsp3) is 0.379. The first-order chi connectivity index (χ1) is 29.2. The Morgan fingerprint density at radius 2 is 1.18 bits per heavy atom. The van der Waals surface area contributed by atoms with Gasteiger partial charge in [0.1, 0.15) is 11.2 Å². The van der Waals surface area contributed by atoms with E-state index in [0.29, 0.717) is 0 Å². The average Bonchev–Trinajstić information content (AvgIpc) is 3.59. The van der Waals surface area contributed by atoms with Crippen molar-refractivity contribution < 1.29 is 4.42 Å². The number of fused-ring (bicyclic) bond motifs is 10. The van der Waals surface area contributed by atoms with Crippen LogP contribution in [0.4, 0.5) is 28.4 Å². The normalized spacial score (nSPS) is 18.9. The van der Waals surface area contributed by atoms with Crippen LogP contribution in [-0.4, -0.2) is 6.85 Å². The van der Waals surface area contributed by atoms with Gasteiger partial charge in [-0.05, 0) is 170 Å². The number of benzene rings is 6. The van der Waals surface area contributed by atoms with Crippen LogP contribution in [0.1, 0.15) is 141 Å². The summed E-state index contributed by atoms with van der Waals surface area (Å²) >= 11 is 0. The van der Waals surface area contributed by atoms with Gasteiger partial charge in [-0.2, -0.15) is 0 Å². The van der Waals surface area contributed by atoms with Crippen LogP contribution in [0.3, 0.4) is 0 Å². The van der Waals surface area contributed by atoms with Crippen molar-refractivity contribution in [3.05, 3.63) is 136 Å². The number of furan rings is 1. The molecule has 4 aliphatic rings. The Hall–Kier alpha value is -5.22. The molecule has 6 aromatic carbocycles. The molecule has 0 spiro atoms. The maximum atomic E-state index is 7.62. The van der Waals surface area contributed by atoms with Crippen molar-refractivity contribution in [2.45, 2.75) is 143 Å². The van der Waals surface area contributed by atoms with E-state index in [4.69, 9.17) is 4.42 Å². The van der Waals surface area contributed by atoms with Crippen molar-refractivity contribution in [1.82, 2.24) is 0 Å². The Kier molecular flexibility index (Phi) is 8.12. The van der Waals surface area contributed by atoms with Crippen molar-refractivity contribution in [3.63, 3.8) is 0 Å². The van der Waals surface area contributed by atoms with Gasteiger partial charge in [0.2, 0.25) is 0 Å². The molecule has 3 nitrogen and oxygen atoms in total. The van der Waals surface area contributed by atoms with Crippen molar-refractivity contribution in [1.29, 1.82) is 0 Å². The summed E-state index contributed by atoms with van der Waals surface area (Å²) in [4.78, 5) is 5.27. The maximum Gasteiger partial charge on any atom is 0.375 e. The van der Waals surface area contributed by atoms with E-state index in [-0.39, 0.29) is 33.9 Å². The van der Waals surface area contributed by atoms with Crippen LogP contribution in [-0.2, 0) is 27.1 Å². The predicted octanol–water partition coefficient (Wildman–Crippen LogP) is 14.9. The second kappa shape index (κ2) is 12.7. The van der Waals surface area contributed by atoms with Crippen LogP contribution in [0.25, 0.3) is 32.9 Å². The van der Waals surface area contributed by atoms with Crippen molar-refractivity contribution in [2.75, 3.05) is 9.71 Å². The van der Waals surface area contributed by atoms with E-state index >= 15 is 0 Å². The second-order valence-electron chi connectivity index (χ2n) is 23.3. The van der Waals surface area contributed by atoms with E-state index in [0.717, 1.165) is 24.1 Å². The Morgan fingerprint density at radius 3 is 1.82 bits per heavy atom. The van der Waals surface area contributed by atoms with Gasteiger partial charge in [0.15, 0.2) is 0 Å². The summed E-state index contributed by atoms with van der Waals surface area (Å²) in [6.45, 7) is 30.9. The number of aryl methyl sites for hydroxylation is 2. The van der Waals surface area contributed by atoms with E-state index < -0.39 is 0 Å². The molecule has 11 rings (SSSR count). The second-order valence-corrected chi connectivity index (χ2v) is 23.3. The van der Waals surface area contributed by atoms with Gasteiger partial charge in [-0.25, -0.2) is 0 Å². The molecule has 0 amide bonds. The standard InChI is InChI=1S/C58H63BN2O/c1-34-28-41-50-39-17-15-14-16-36(39)18-23-46(50)61(38-21-19-37(20-22-38)54(3,4)5)59-51(41)48(29-34)60(47-32-44-42(30-35(47)2)55(6,7)24-26-57(44,10)11)52-40-31-43-45(33-49(40)62-53(52)59)58(12,13)27-25-56(43,8)9/h14-23,28-33H,24-27H2,1-13H3. The fourth-order valence-electron chi connectivity index (χ4n) is 12.0. The number of anilines is 5. The third-order valence-corrected chi connectivity index (χ3v) is 16.1. The van der Waals surface area contributed by atoms with Gasteiger partial charge in [0.25, 0.3) is 0 Å². The molecule has 0 saturated heterocycles. The van der Waals surface area contributed by atoms with E-state index in [1.165, 1.54) is 113 Å². The van der Waals surface area contributed by atoms with Gasteiger partial charge in [0, 0.05) is 33.7 Å². The summed E-state index contributed by atoms with van der Waals surface area (Å²) in [6, 6.07) is 38.1. The zero-order valence-corrected chi connectivity index (χ0v) is 39.4. The third kappa shape index (κ3) is 5.56. The molecular weight excluding hydrogens is 751 g/mol. The van der Waals surface area contributed by atoms with Gasteiger partial charge in [0.05, 0.1) is 5.69 Å². The zero-order valence-electron chi connectivity index (χ0n) is 39.4. The molecule has 0 radical (unpaired) electrons. The molecule has 0 unspecified atom stereocenters. The van der Waals surface area contributed by atoms with Gasteiger partial charge in [-0.15, -0.1) is 0 Å². The molecular formula is C58H63BN2O. The molecule has 0 saturated carbocycles. The Morgan fingerprint density at radius 1 is 0.581 bits per heavy atom. The van der Waals surface area contributed by atoms with Gasteiger partial charge in [-0.3, -0.25) is 0 Å². The number of hydrogen-bond donors (Lipinski definition) is 0. The highest BCUT2D eigenvalue weighted by atomic mass is 16.3. The summed E-state index contributed by atoms with van der Waals surface area (Å²) in [6.07, 6.45) is 4.68. The average molecular weight is 815 g/mol. The first-order valence-electron chi connectivity index (χ1n) is 23.3. The molecule has 0 bridgehead atoms. The van der Waals surface area contributed by atoms with Crippen LogP contribution >= 0.6 is 0 Å². The zero-order chi connectivity index (χ0) is 43.6. The molecule has 0 atom stereocenters. The van der Waals surface area contributed by atoms with Gasteiger partial charge >= 0.3 is 6.85 Å². The topological polar surface area (TPSA) is 19.6 Å². The Bertz CT molecular complexity index is 3040. The molecule has 3 heterocycles. The van der Waals surface area contributed by atoms with Gasteiger partial charge in [-0.1, -0.05) is 131 Å². The van der Waals surface area contributed by atoms with Crippen molar-refractivity contribution in [3.8, 4) is 11.1 Å². The molecule has 7 aromatic rings. The van der Waals surface area contributed by atoms with Crippen LogP contribution in [0, 0.1) is 13.8 Å². The molecule has 1 aromatic heterocycles. The highest BCUT2D eigenvalue weighted by molar-refractivity contribution is 6.93. The largest absolute Gasteiger partial charge is 0.466 e. The lowest BCUT2D eigenvalue weighted by Crippen LogP contribution is -2.61. The predicted molar refractivity (Wildman–Crippen MR) is 266 cm³/mol. The van der Waals surface area contributed by atoms with Crippen LogP contribution in [0.15, 0.2) is 101 Å². The summed E-state index contributed by atoms with van der Waals surface area (Å²) in [5.74, 6) is 0. The number of rotatable bonds is 2. The highest BCUT2D eigenvalue weighted by Crippen LogP contribution is 2.55.